The Bertz CT molecular complexity index is 471. The molecule has 4 unspecified atom stereocenters. The van der Waals surface area contributed by atoms with Crippen LogP contribution < -0.4 is 5.32 Å². The van der Waals surface area contributed by atoms with E-state index in [4.69, 9.17) is 23.2 Å². The Labute approximate surface area is 118 Å². The molecule has 0 aromatic heterocycles. The summed E-state index contributed by atoms with van der Waals surface area (Å²) in [7, 11) is 0. The van der Waals surface area contributed by atoms with Gasteiger partial charge in [0.05, 0.1) is 0 Å². The smallest absolute Gasteiger partial charge is 0.0465 e. The third kappa shape index (κ3) is 1.71. The van der Waals surface area contributed by atoms with Gasteiger partial charge >= 0.3 is 0 Å². The number of nitrogens with one attached hydrogen (secondary N) is 1. The molecule has 1 N–H and O–H groups in total. The van der Waals surface area contributed by atoms with Gasteiger partial charge in [0, 0.05) is 22.6 Å². The predicted octanol–water partition coefficient (Wildman–Crippen LogP) is 4.13. The van der Waals surface area contributed by atoms with Gasteiger partial charge in [-0.2, -0.15) is 0 Å². The molecule has 3 heteroatoms. The van der Waals surface area contributed by atoms with Gasteiger partial charge in [0.15, 0.2) is 0 Å². The molecule has 2 bridgehead atoms. The Morgan fingerprint density at radius 2 is 1.83 bits per heavy atom. The predicted molar refractivity (Wildman–Crippen MR) is 74.9 cm³/mol. The zero-order valence-corrected chi connectivity index (χ0v) is 11.7. The van der Waals surface area contributed by atoms with Crippen molar-refractivity contribution < 1.29 is 0 Å². The van der Waals surface area contributed by atoms with Crippen LogP contribution in [-0.4, -0.2) is 6.04 Å². The van der Waals surface area contributed by atoms with E-state index < -0.39 is 0 Å². The fraction of sp³-hybridized carbons (Fsp3) is 0.600. The number of hydrogen-bond donors (Lipinski definition) is 1. The second-order valence-corrected chi connectivity index (χ2v) is 6.97. The zero-order chi connectivity index (χ0) is 12.3. The third-order valence-corrected chi connectivity index (χ3v) is 5.87. The molecule has 4 atom stereocenters. The molecule has 0 radical (unpaired) electrons. The molecule has 96 valence electrons. The van der Waals surface area contributed by atoms with Crippen LogP contribution in [-0.2, 0) is 6.54 Å². The first-order valence-electron chi connectivity index (χ1n) is 6.91. The minimum absolute atomic E-state index is 0.713. The molecule has 0 spiro atoms. The minimum Gasteiger partial charge on any atom is -0.309 e. The number of halogens is 2. The maximum atomic E-state index is 6.20. The molecule has 3 aliphatic carbocycles. The first-order valence-corrected chi connectivity index (χ1v) is 7.67. The lowest BCUT2D eigenvalue weighted by Gasteiger charge is -2.11. The summed E-state index contributed by atoms with van der Waals surface area (Å²) in [6, 6.07) is 6.55. The molecule has 3 saturated carbocycles. The van der Waals surface area contributed by atoms with Crippen LogP contribution in [0.1, 0.15) is 24.8 Å². The van der Waals surface area contributed by atoms with E-state index in [0.29, 0.717) is 5.02 Å². The monoisotopic (exact) mass is 281 g/mol. The zero-order valence-electron chi connectivity index (χ0n) is 10.2. The quantitative estimate of drug-likeness (QED) is 0.879. The molecule has 18 heavy (non-hydrogen) atoms. The van der Waals surface area contributed by atoms with Gasteiger partial charge in [-0.25, -0.2) is 0 Å². The first kappa shape index (κ1) is 11.6. The molecule has 1 nitrogen and oxygen atoms in total. The summed E-state index contributed by atoms with van der Waals surface area (Å²) in [6.07, 6.45) is 4.46. The highest BCUT2D eigenvalue weighted by molar-refractivity contribution is 6.35. The molecular formula is C15H17Cl2N. The molecular weight excluding hydrogens is 265 g/mol. The van der Waals surface area contributed by atoms with E-state index in [1.165, 1.54) is 24.8 Å². The first-order chi connectivity index (χ1) is 8.74. The molecule has 3 fully saturated rings. The van der Waals surface area contributed by atoms with Crippen LogP contribution in [0.5, 0.6) is 0 Å². The van der Waals surface area contributed by atoms with E-state index in [0.717, 1.165) is 41.3 Å². The largest absolute Gasteiger partial charge is 0.309 e. The minimum atomic E-state index is 0.713. The molecule has 0 amide bonds. The highest BCUT2D eigenvalue weighted by Crippen LogP contribution is 2.65. The molecule has 0 aliphatic heterocycles. The van der Waals surface area contributed by atoms with E-state index in [2.05, 4.69) is 5.32 Å². The van der Waals surface area contributed by atoms with E-state index >= 15 is 0 Å². The van der Waals surface area contributed by atoms with Crippen molar-refractivity contribution in [2.24, 2.45) is 23.7 Å². The summed E-state index contributed by atoms with van der Waals surface area (Å²) in [6.45, 7) is 0.882. The van der Waals surface area contributed by atoms with Crippen molar-refractivity contribution in [3.63, 3.8) is 0 Å². The maximum Gasteiger partial charge on any atom is 0.0465 e. The van der Waals surface area contributed by atoms with E-state index in [1.807, 2.05) is 18.2 Å². The van der Waals surface area contributed by atoms with Gasteiger partial charge < -0.3 is 5.32 Å². The summed E-state index contributed by atoms with van der Waals surface area (Å²) >= 11 is 12.1. The van der Waals surface area contributed by atoms with Crippen molar-refractivity contribution >= 4 is 23.2 Å². The Balaban J connectivity index is 1.40. The van der Waals surface area contributed by atoms with Gasteiger partial charge in [-0.15, -0.1) is 0 Å². The Morgan fingerprint density at radius 3 is 2.50 bits per heavy atom. The van der Waals surface area contributed by atoms with Crippen LogP contribution in [0, 0.1) is 23.7 Å². The summed E-state index contributed by atoms with van der Waals surface area (Å²) in [5, 5.41) is 5.20. The Kier molecular flexibility index (Phi) is 2.65. The van der Waals surface area contributed by atoms with Crippen LogP contribution in [0.3, 0.4) is 0 Å². The van der Waals surface area contributed by atoms with Crippen LogP contribution in [0.25, 0.3) is 0 Å². The van der Waals surface area contributed by atoms with Gasteiger partial charge in [0.2, 0.25) is 0 Å². The van der Waals surface area contributed by atoms with Crippen LogP contribution >= 0.6 is 23.2 Å². The maximum absolute atomic E-state index is 6.20. The number of rotatable bonds is 3. The summed E-state index contributed by atoms with van der Waals surface area (Å²) in [5.74, 6) is 4.01. The fourth-order valence-corrected chi connectivity index (χ4v) is 4.97. The van der Waals surface area contributed by atoms with Gasteiger partial charge in [-0.1, -0.05) is 29.3 Å². The lowest BCUT2D eigenvalue weighted by atomic mass is 10.0. The van der Waals surface area contributed by atoms with Gasteiger partial charge in [0.25, 0.3) is 0 Å². The third-order valence-electron chi connectivity index (χ3n) is 5.28. The SMILES string of the molecule is Clc1ccc(CNC2C3C4CCC(C4)C23)c(Cl)c1. The second kappa shape index (κ2) is 4.13. The van der Waals surface area contributed by atoms with Crippen molar-refractivity contribution in [1.82, 2.24) is 5.32 Å². The molecule has 3 aliphatic rings. The lowest BCUT2D eigenvalue weighted by Crippen LogP contribution is -2.22. The Morgan fingerprint density at radius 1 is 1.11 bits per heavy atom. The van der Waals surface area contributed by atoms with E-state index in [9.17, 15) is 0 Å². The van der Waals surface area contributed by atoms with Crippen molar-refractivity contribution in [3.05, 3.63) is 33.8 Å². The summed E-state index contributed by atoms with van der Waals surface area (Å²) < 4.78 is 0. The molecule has 4 rings (SSSR count). The van der Waals surface area contributed by atoms with Crippen LogP contribution in [0.4, 0.5) is 0 Å². The normalized spacial score (nSPS) is 40.0. The van der Waals surface area contributed by atoms with E-state index in [1.54, 1.807) is 0 Å². The fourth-order valence-electron chi connectivity index (χ4n) is 4.49. The summed E-state index contributed by atoms with van der Waals surface area (Å²) in [5.41, 5.74) is 1.17. The van der Waals surface area contributed by atoms with Gasteiger partial charge in [-0.3, -0.25) is 0 Å². The van der Waals surface area contributed by atoms with Crippen LogP contribution in [0.15, 0.2) is 18.2 Å². The number of hydrogen-bond acceptors (Lipinski definition) is 1. The lowest BCUT2D eigenvalue weighted by molar-refractivity contribution is 0.456. The van der Waals surface area contributed by atoms with Crippen molar-refractivity contribution in [3.8, 4) is 0 Å². The number of fused-ring (bicyclic) bond motifs is 5. The standard InChI is InChI=1S/C15H17Cl2N/c16-11-4-3-10(12(17)6-11)7-18-15-13-8-1-2-9(5-8)14(13)15/h3-4,6,8-9,13-15,18H,1-2,5,7H2. The topological polar surface area (TPSA) is 12.0 Å². The van der Waals surface area contributed by atoms with Gasteiger partial charge in [0.1, 0.15) is 0 Å². The van der Waals surface area contributed by atoms with Crippen molar-refractivity contribution in [2.45, 2.75) is 31.8 Å². The highest BCUT2D eigenvalue weighted by Gasteiger charge is 2.64. The summed E-state index contributed by atoms with van der Waals surface area (Å²) in [4.78, 5) is 0. The Hall–Kier alpha value is -0.240. The van der Waals surface area contributed by atoms with Gasteiger partial charge in [-0.05, 0) is 60.6 Å². The second-order valence-electron chi connectivity index (χ2n) is 6.13. The molecule has 0 heterocycles. The molecule has 0 saturated heterocycles. The number of benzene rings is 1. The molecule has 1 aromatic rings. The van der Waals surface area contributed by atoms with Crippen LogP contribution in [0.2, 0.25) is 10.0 Å². The average Bonchev–Trinajstić information content (AvgIpc) is 2.75. The molecule has 1 aromatic carbocycles. The highest BCUT2D eigenvalue weighted by atomic mass is 35.5. The van der Waals surface area contributed by atoms with E-state index in [-0.39, 0.29) is 0 Å². The average molecular weight is 282 g/mol. The van der Waals surface area contributed by atoms with Crippen molar-refractivity contribution in [2.75, 3.05) is 0 Å². The van der Waals surface area contributed by atoms with Crippen molar-refractivity contribution in [1.29, 1.82) is 0 Å².